The van der Waals surface area contributed by atoms with Gasteiger partial charge in [0.25, 0.3) is 0 Å². The molecule has 0 bridgehead atoms. The molecule has 0 fully saturated rings. The minimum absolute atomic E-state index is 0.131. The quantitative estimate of drug-likeness (QED) is 0.830. The van der Waals surface area contributed by atoms with Gasteiger partial charge in [-0.2, -0.15) is 0 Å². The van der Waals surface area contributed by atoms with Crippen LogP contribution < -0.4 is 0 Å². The highest BCUT2D eigenvalue weighted by atomic mass is 32.2. The molecule has 0 saturated carbocycles. The molecule has 1 N–H and O–H groups in total. The van der Waals surface area contributed by atoms with Gasteiger partial charge in [0.2, 0.25) is 0 Å². The molecular formula is C12H16O5S. The maximum absolute atomic E-state index is 11.4. The van der Waals surface area contributed by atoms with Crippen molar-refractivity contribution in [1.29, 1.82) is 0 Å². The molecule has 0 radical (unpaired) electrons. The molecule has 1 aromatic rings. The Hall–Kier alpha value is -1.43. The van der Waals surface area contributed by atoms with Crippen molar-refractivity contribution in [3.63, 3.8) is 0 Å². The number of thioether (sulfide) groups is 1. The summed E-state index contributed by atoms with van der Waals surface area (Å²) in [6, 6.07) is 1.39. The number of carboxylic acid groups (broad SMARTS) is 1. The van der Waals surface area contributed by atoms with Crippen LogP contribution >= 0.6 is 11.8 Å². The van der Waals surface area contributed by atoms with E-state index in [1.54, 1.807) is 20.8 Å². The molecule has 5 nitrogen and oxygen atoms in total. The van der Waals surface area contributed by atoms with E-state index in [1.807, 2.05) is 0 Å². The first-order valence-electron chi connectivity index (χ1n) is 5.39. The van der Waals surface area contributed by atoms with Crippen molar-refractivity contribution < 1.29 is 23.8 Å². The number of hydrogen-bond donors (Lipinski definition) is 1. The highest BCUT2D eigenvalue weighted by Gasteiger charge is 2.17. The van der Waals surface area contributed by atoms with Gasteiger partial charge in [-0.1, -0.05) is 0 Å². The Morgan fingerprint density at radius 1 is 1.44 bits per heavy atom. The third-order valence-corrected chi connectivity index (χ3v) is 2.76. The Balaban J connectivity index is 2.40. The fourth-order valence-electron chi connectivity index (χ4n) is 1.24. The van der Waals surface area contributed by atoms with E-state index in [4.69, 9.17) is 14.3 Å². The zero-order chi connectivity index (χ0) is 13.8. The van der Waals surface area contributed by atoms with Crippen molar-refractivity contribution in [2.75, 3.05) is 5.75 Å². The molecular weight excluding hydrogens is 256 g/mol. The number of esters is 1. The topological polar surface area (TPSA) is 76.7 Å². The van der Waals surface area contributed by atoms with Crippen LogP contribution in [-0.4, -0.2) is 28.4 Å². The van der Waals surface area contributed by atoms with Gasteiger partial charge in [0.05, 0.1) is 17.8 Å². The highest BCUT2D eigenvalue weighted by Crippen LogP contribution is 2.19. The van der Waals surface area contributed by atoms with Gasteiger partial charge in [-0.15, -0.1) is 11.8 Å². The molecule has 6 heteroatoms. The van der Waals surface area contributed by atoms with Crippen molar-refractivity contribution in [1.82, 2.24) is 0 Å². The first kappa shape index (κ1) is 14.6. The maximum atomic E-state index is 11.4. The Kier molecular flexibility index (Phi) is 4.84. The maximum Gasteiger partial charge on any atom is 0.339 e. The summed E-state index contributed by atoms with van der Waals surface area (Å²) in [5.41, 5.74) is -0.374. The van der Waals surface area contributed by atoms with Crippen LogP contribution in [0.4, 0.5) is 0 Å². The second kappa shape index (κ2) is 5.95. The number of carbonyl (C=O) groups excluding carboxylic acids is 1. The summed E-state index contributed by atoms with van der Waals surface area (Å²) < 4.78 is 10.2. The highest BCUT2D eigenvalue weighted by molar-refractivity contribution is 7.99. The first-order valence-corrected chi connectivity index (χ1v) is 6.54. The molecule has 1 heterocycles. The molecule has 1 aromatic heterocycles. The van der Waals surface area contributed by atoms with Crippen molar-refractivity contribution in [3.05, 3.63) is 23.7 Å². The Morgan fingerprint density at radius 2 is 2.11 bits per heavy atom. The molecule has 100 valence electrons. The van der Waals surface area contributed by atoms with Crippen LogP contribution in [0.15, 0.2) is 16.7 Å². The summed E-state index contributed by atoms with van der Waals surface area (Å²) in [5.74, 6) is -0.506. The summed E-state index contributed by atoms with van der Waals surface area (Å²) in [7, 11) is 0. The predicted octanol–water partition coefficient (Wildman–Crippen LogP) is 2.55. The number of aromatic carboxylic acids is 1. The normalized spacial score (nSPS) is 11.3. The van der Waals surface area contributed by atoms with Crippen molar-refractivity contribution >= 4 is 23.7 Å². The van der Waals surface area contributed by atoms with E-state index < -0.39 is 11.6 Å². The molecule has 0 spiro atoms. The third-order valence-electron chi connectivity index (χ3n) is 1.85. The summed E-state index contributed by atoms with van der Waals surface area (Å²) in [6.07, 6.45) is 1.33. The van der Waals surface area contributed by atoms with E-state index >= 15 is 0 Å². The van der Waals surface area contributed by atoms with E-state index in [-0.39, 0.29) is 17.3 Å². The summed E-state index contributed by atoms with van der Waals surface area (Å²) in [6.45, 7) is 5.39. The van der Waals surface area contributed by atoms with Gasteiger partial charge in [0, 0.05) is 0 Å². The van der Waals surface area contributed by atoms with Gasteiger partial charge in [0.1, 0.15) is 16.9 Å². The second-order valence-corrected chi connectivity index (χ2v) is 5.63. The minimum Gasteiger partial charge on any atom is -0.478 e. The molecule has 1 rings (SSSR count). The Labute approximate surface area is 109 Å². The molecule has 18 heavy (non-hydrogen) atoms. The van der Waals surface area contributed by atoms with Crippen LogP contribution in [0, 0.1) is 0 Å². The van der Waals surface area contributed by atoms with Crippen LogP contribution in [-0.2, 0) is 15.3 Å². The van der Waals surface area contributed by atoms with E-state index in [1.165, 1.54) is 24.1 Å². The van der Waals surface area contributed by atoms with Crippen LogP contribution in [0.25, 0.3) is 0 Å². The number of furan rings is 1. The number of rotatable bonds is 5. The van der Waals surface area contributed by atoms with E-state index in [9.17, 15) is 9.59 Å². The van der Waals surface area contributed by atoms with E-state index in [0.29, 0.717) is 11.5 Å². The van der Waals surface area contributed by atoms with Gasteiger partial charge >= 0.3 is 11.9 Å². The number of carboxylic acids is 1. The monoisotopic (exact) mass is 272 g/mol. The lowest BCUT2D eigenvalue weighted by Crippen LogP contribution is -2.24. The number of ether oxygens (including phenoxy) is 1. The van der Waals surface area contributed by atoms with Gasteiger partial charge < -0.3 is 14.3 Å². The molecule has 0 aliphatic heterocycles. The number of carbonyl (C=O) groups is 2. The SMILES string of the molecule is CC(C)(C)OC(=O)CSCc1occc1C(=O)O. The second-order valence-electron chi connectivity index (χ2n) is 4.64. The fourth-order valence-corrected chi connectivity index (χ4v) is 1.98. The van der Waals surface area contributed by atoms with Crippen LogP contribution in [0.1, 0.15) is 36.9 Å². The molecule has 0 aliphatic rings. The molecule has 0 saturated heterocycles. The van der Waals surface area contributed by atoms with E-state index in [0.717, 1.165) is 0 Å². The van der Waals surface area contributed by atoms with Gasteiger partial charge in [-0.25, -0.2) is 4.79 Å². The molecule has 0 unspecified atom stereocenters. The summed E-state index contributed by atoms with van der Waals surface area (Å²) >= 11 is 1.26. The van der Waals surface area contributed by atoms with Crippen molar-refractivity contribution in [2.45, 2.75) is 32.1 Å². The minimum atomic E-state index is -1.03. The smallest absolute Gasteiger partial charge is 0.339 e. The predicted molar refractivity (Wildman–Crippen MR) is 67.7 cm³/mol. The van der Waals surface area contributed by atoms with Crippen LogP contribution in [0.2, 0.25) is 0 Å². The van der Waals surface area contributed by atoms with Crippen LogP contribution in [0.3, 0.4) is 0 Å². The fraction of sp³-hybridized carbons (Fsp3) is 0.500. The zero-order valence-electron chi connectivity index (χ0n) is 10.6. The van der Waals surface area contributed by atoms with Crippen LogP contribution in [0.5, 0.6) is 0 Å². The number of hydrogen-bond acceptors (Lipinski definition) is 5. The largest absolute Gasteiger partial charge is 0.478 e. The molecule has 0 aliphatic carbocycles. The molecule has 0 atom stereocenters. The van der Waals surface area contributed by atoms with E-state index in [2.05, 4.69) is 0 Å². The average Bonchev–Trinajstić information content (AvgIpc) is 2.62. The van der Waals surface area contributed by atoms with Crippen molar-refractivity contribution in [2.24, 2.45) is 0 Å². The third kappa shape index (κ3) is 4.83. The summed E-state index contributed by atoms with van der Waals surface area (Å²) in [4.78, 5) is 22.2. The molecule has 0 aromatic carbocycles. The lowest BCUT2D eigenvalue weighted by Gasteiger charge is -2.19. The summed E-state index contributed by atoms with van der Waals surface area (Å²) in [5, 5.41) is 8.86. The lowest BCUT2D eigenvalue weighted by atomic mass is 10.2. The zero-order valence-corrected chi connectivity index (χ0v) is 11.4. The first-order chi connectivity index (χ1) is 8.29. The van der Waals surface area contributed by atoms with Crippen molar-refractivity contribution in [3.8, 4) is 0 Å². The Morgan fingerprint density at radius 3 is 2.67 bits per heavy atom. The van der Waals surface area contributed by atoms with Gasteiger partial charge in [0.15, 0.2) is 0 Å². The standard InChI is InChI=1S/C12H16O5S/c1-12(2,3)17-10(13)7-18-6-9-8(11(14)15)4-5-16-9/h4-5H,6-7H2,1-3H3,(H,14,15). The molecule has 0 amide bonds. The van der Waals surface area contributed by atoms with Gasteiger partial charge in [-0.05, 0) is 26.8 Å². The Bertz CT molecular complexity index is 430. The lowest BCUT2D eigenvalue weighted by molar-refractivity contribution is -0.151. The average molecular weight is 272 g/mol. The van der Waals surface area contributed by atoms with Gasteiger partial charge in [-0.3, -0.25) is 4.79 Å².